The van der Waals surface area contributed by atoms with Crippen LogP contribution < -0.4 is 4.90 Å². The number of benzene rings is 1. The van der Waals surface area contributed by atoms with Gasteiger partial charge >= 0.3 is 0 Å². The van der Waals surface area contributed by atoms with Gasteiger partial charge in [0.25, 0.3) is 0 Å². The molecule has 0 spiro atoms. The minimum Gasteiger partial charge on any atom is -0.371 e. The van der Waals surface area contributed by atoms with E-state index in [1.807, 2.05) is 0 Å². The number of rotatable bonds is 2. The van der Waals surface area contributed by atoms with Crippen LogP contribution in [0.3, 0.4) is 0 Å². The molecule has 4 heteroatoms. The molecule has 1 aromatic carbocycles. The average molecular weight is 365 g/mol. The van der Waals surface area contributed by atoms with Crippen molar-refractivity contribution in [2.24, 2.45) is 0 Å². The lowest BCUT2D eigenvalue weighted by molar-refractivity contribution is 0.816. The maximum atomic E-state index is 3.63. The van der Waals surface area contributed by atoms with Crippen LogP contribution in [-0.2, 0) is 5.33 Å². The summed E-state index contributed by atoms with van der Waals surface area (Å²) >= 11 is 9.19. The van der Waals surface area contributed by atoms with E-state index >= 15 is 0 Å². The topological polar surface area (TPSA) is 3.24 Å². The quantitative estimate of drug-likeness (QED) is 0.720. The Labute approximate surface area is 118 Å². The van der Waals surface area contributed by atoms with E-state index in [2.05, 4.69) is 66.7 Å². The number of halogens is 2. The second-order valence-corrected chi connectivity index (χ2v) is 6.50. The highest BCUT2D eigenvalue weighted by Crippen LogP contribution is 2.27. The Balaban J connectivity index is 2.16. The van der Waals surface area contributed by atoms with Crippen molar-refractivity contribution < 1.29 is 0 Å². The highest BCUT2D eigenvalue weighted by atomic mass is 79.9. The predicted octanol–water partition coefficient (Wildman–Crippen LogP) is 4.29. The molecule has 1 aromatic rings. The zero-order chi connectivity index (χ0) is 11.4. The summed E-state index contributed by atoms with van der Waals surface area (Å²) < 4.78 is 1.21. The molecule has 0 aliphatic carbocycles. The Morgan fingerprint density at radius 3 is 2.88 bits per heavy atom. The number of nitrogens with zero attached hydrogens (tertiary/aromatic N) is 1. The van der Waals surface area contributed by atoms with Gasteiger partial charge in [0, 0.05) is 34.3 Å². The molecule has 2 rings (SSSR count). The molecule has 1 nitrogen and oxygen atoms in total. The zero-order valence-corrected chi connectivity index (χ0v) is 13.1. The molecule has 88 valence electrons. The van der Waals surface area contributed by atoms with E-state index in [4.69, 9.17) is 0 Å². The van der Waals surface area contributed by atoms with E-state index in [1.54, 1.807) is 0 Å². The fourth-order valence-electron chi connectivity index (χ4n) is 1.85. The monoisotopic (exact) mass is 363 g/mol. The number of hydrogen-bond donors (Lipinski definition) is 0. The molecule has 1 aliphatic rings. The lowest BCUT2D eigenvalue weighted by Gasteiger charge is -2.23. The van der Waals surface area contributed by atoms with Gasteiger partial charge in [0.05, 0.1) is 0 Å². The first-order valence-electron chi connectivity index (χ1n) is 5.48. The van der Waals surface area contributed by atoms with Gasteiger partial charge in [-0.2, -0.15) is 11.8 Å². The Hall–Kier alpha value is 0.330. The molecular weight excluding hydrogens is 350 g/mol. The molecule has 0 radical (unpaired) electrons. The van der Waals surface area contributed by atoms with Gasteiger partial charge in [-0.05, 0) is 29.9 Å². The van der Waals surface area contributed by atoms with Crippen molar-refractivity contribution in [3.8, 4) is 0 Å². The molecule has 0 N–H and O–H groups in total. The van der Waals surface area contributed by atoms with E-state index in [0.29, 0.717) is 0 Å². The molecule has 0 bridgehead atoms. The Morgan fingerprint density at radius 2 is 2.12 bits per heavy atom. The van der Waals surface area contributed by atoms with Gasteiger partial charge < -0.3 is 4.90 Å². The van der Waals surface area contributed by atoms with Crippen molar-refractivity contribution in [1.82, 2.24) is 0 Å². The smallest absolute Gasteiger partial charge is 0.0378 e. The van der Waals surface area contributed by atoms with Crippen LogP contribution in [0, 0.1) is 0 Å². The molecular formula is C12H15Br2NS. The molecule has 1 heterocycles. The maximum absolute atomic E-state index is 3.63. The number of anilines is 1. The van der Waals surface area contributed by atoms with Crippen LogP contribution >= 0.6 is 43.6 Å². The molecule has 16 heavy (non-hydrogen) atoms. The van der Waals surface area contributed by atoms with E-state index in [0.717, 1.165) is 5.33 Å². The van der Waals surface area contributed by atoms with Crippen molar-refractivity contribution in [2.45, 2.75) is 11.8 Å². The average Bonchev–Trinajstić information content (AvgIpc) is 2.57. The van der Waals surface area contributed by atoms with Gasteiger partial charge in [-0.1, -0.05) is 37.9 Å². The van der Waals surface area contributed by atoms with Crippen LogP contribution in [0.15, 0.2) is 22.7 Å². The highest BCUT2D eigenvalue weighted by molar-refractivity contribution is 9.10. The van der Waals surface area contributed by atoms with Gasteiger partial charge in [0.1, 0.15) is 0 Å². The van der Waals surface area contributed by atoms with Crippen LogP contribution in [-0.4, -0.2) is 24.6 Å². The maximum Gasteiger partial charge on any atom is 0.0378 e. The van der Waals surface area contributed by atoms with Crippen LogP contribution in [0.2, 0.25) is 0 Å². The molecule has 0 atom stereocenters. The van der Waals surface area contributed by atoms with Gasteiger partial charge in [0.2, 0.25) is 0 Å². The van der Waals surface area contributed by atoms with Gasteiger partial charge in [-0.3, -0.25) is 0 Å². The first kappa shape index (κ1) is 12.8. The summed E-state index contributed by atoms with van der Waals surface area (Å²) in [5, 5.41) is 0.906. The minimum atomic E-state index is 0.906. The van der Waals surface area contributed by atoms with E-state index < -0.39 is 0 Å². The molecule has 1 aliphatic heterocycles. The van der Waals surface area contributed by atoms with E-state index in [-0.39, 0.29) is 0 Å². The summed E-state index contributed by atoms with van der Waals surface area (Å²) in [6.07, 6.45) is 1.29. The largest absolute Gasteiger partial charge is 0.371 e. The summed E-state index contributed by atoms with van der Waals surface area (Å²) in [6, 6.07) is 6.68. The Bertz CT molecular complexity index is 349. The number of thioether (sulfide) groups is 1. The van der Waals surface area contributed by atoms with Crippen molar-refractivity contribution in [1.29, 1.82) is 0 Å². The summed E-state index contributed by atoms with van der Waals surface area (Å²) in [4.78, 5) is 2.49. The van der Waals surface area contributed by atoms with Gasteiger partial charge in [-0.15, -0.1) is 0 Å². The molecule has 0 aromatic heterocycles. The second kappa shape index (κ2) is 6.31. The van der Waals surface area contributed by atoms with Crippen molar-refractivity contribution in [3.05, 3.63) is 28.2 Å². The van der Waals surface area contributed by atoms with Crippen molar-refractivity contribution >= 4 is 49.3 Å². The third kappa shape index (κ3) is 3.17. The zero-order valence-electron chi connectivity index (χ0n) is 9.09. The molecule has 0 unspecified atom stereocenters. The fraction of sp³-hybridized carbons (Fsp3) is 0.500. The third-order valence-corrected chi connectivity index (χ3v) is 5.16. The van der Waals surface area contributed by atoms with E-state index in [1.165, 1.54) is 46.7 Å². The SMILES string of the molecule is BrCc1ccc(N2CCCSCC2)cc1Br. The molecule has 0 saturated carbocycles. The lowest BCUT2D eigenvalue weighted by Crippen LogP contribution is -2.25. The van der Waals surface area contributed by atoms with Gasteiger partial charge in [-0.25, -0.2) is 0 Å². The summed E-state index contributed by atoms with van der Waals surface area (Å²) in [5.74, 6) is 2.55. The van der Waals surface area contributed by atoms with Crippen LogP contribution in [0.5, 0.6) is 0 Å². The van der Waals surface area contributed by atoms with Gasteiger partial charge in [0.15, 0.2) is 0 Å². The Morgan fingerprint density at radius 1 is 1.25 bits per heavy atom. The highest BCUT2D eigenvalue weighted by Gasteiger charge is 2.11. The number of alkyl halides is 1. The first-order valence-corrected chi connectivity index (χ1v) is 8.55. The van der Waals surface area contributed by atoms with Crippen LogP contribution in [0.25, 0.3) is 0 Å². The first-order chi connectivity index (χ1) is 7.81. The molecule has 0 amide bonds. The summed E-state index contributed by atoms with van der Waals surface area (Å²) in [6.45, 7) is 2.36. The lowest BCUT2D eigenvalue weighted by atomic mass is 10.2. The van der Waals surface area contributed by atoms with Crippen molar-refractivity contribution in [2.75, 3.05) is 29.5 Å². The van der Waals surface area contributed by atoms with Crippen molar-refractivity contribution in [3.63, 3.8) is 0 Å². The fourth-order valence-corrected chi connectivity index (χ4v) is 4.10. The standard InChI is InChI=1S/C12H15Br2NS/c13-9-10-2-3-11(8-12(10)14)15-4-1-6-16-7-5-15/h2-3,8H,1,4-7,9H2. The predicted molar refractivity (Wildman–Crippen MR) is 80.9 cm³/mol. The minimum absolute atomic E-state index is 0.906. The normalized spacial score (nSPS) is 17.2. The number of hydrogen-bond acceptors (Lipinski definition) is 2. The summed E-state index contributed by atoms with van der Waals surface area (Å²) in [7, 11) is 0. The summed E-state index contributed by atoms with van der Waals surface area (Å²) in [5.41, 5.74) is 2.66. The Kier molecular flexibility index (Phi) is 5.04. The third-order valence-electron chi connectivity index (χ3n) is 2.77. The van der Waals surface area contributed by atoms with Crippen LogP contribution in [0.4, 0.5) is 5.69 Å². The van der Waals surface area contributed by atoms with E-state index in [9.17, 15) is 0 Å². The second-order valence-electron chi connectivity index (χ2n) is 3.86. The van der Waals surface area contributed by atoms with Crippen LogP contribution in [0.1, 0.15) is 12.0 Å². The molecule has 1 saturated heterocycles. The molecule has 1 fully saturated rings.